The van der Waals surface area contributed by atoms with E-state index in [2.05, 4.69) is 4.98 Å². The van der Waals surface area contributed by atoms with Crippen molar-refractivity contribution in [2.75, 3.05) is 6.61 Å². The third-order valence-corrected chi connectivity index (χ3v) is 9.31. The Morgan fingerprint density at radius 1 is 0.978 bits per heavy atom. The highest BCUT2D eigenvalue weighted by molar-refractivity contribution is 7.22. The minimum Gasteiger partial charge on any atom is -0.464 e. The molecule has 0 aliphatic heterocycles. The number of pyridine rings is 1. The van der Waals surface area contributed by atoms with E-state index in [0.29, 0.717) is 10.4 Å². The van der Waals surface area contributed by atoms with Crippen LogP contribution in [0.2, 0.25) is 5.02 Å². The van der Waals surface area contributed by atoms with Gasteiger partial charge in [0.25, 0.3) is 5.56 Å². The van der Waals surface area contributed by atoms with E-state index in [0.717, 1.165) is 59.8 Å². The number of thiazole rings is 1. The number of carbonyl (C=O) groups is 1. The molecule has 6 rings (SSSR count). The molecule has 6 aromatic rings. The first-order valence-electron chi connectivity index (χ1n) is 15.0. The number of hydrogen-bond donors (Lipinski definition) is 0. The normalized spacial score (nSPS) is 12.6. The van der Waals surface area contributed by atoms with Crippen LogP contribution >= 0.6 is 22.9 Å². The molecule has 3 aromatic carbocycles. The van der Waals surface area contributed by atoms with Gasteiger partial charge in [0.2, 0.25) is 0 Å². The summed E-state index contributed by atoms with van der Waals surface area (Å²) < 4.78 is 16.3. The molecule has 0 amide bonds. The number of ether oxygens (including phenoxy) is 2. The fraction of sp³-hybridized carbons (Fsp3) is 0.278. The van der Waals surface area contributed by atoms with Gasteiger partial charge >= 0.3 is 5.97 Å². The lowest BCUT2D eigenvalue weighted by Gasteiger charge is -2.29. The predicted molar refractivity (Wildman–Crippen MR) is 185 cm³/mol. The van der Waals surface area contributed by atoms with Gasteiger partial charge in [-0.15, -0.1) is 11.3 Å². The van der Waals surface area contributed by atoms with Crippen LogP contribution in [0.25, 0.3) is 54.1 Å². The molecule has 0 saturated carbocycles. The van der Waals surface area contributed by atoms with Crippen molar-refractivity contribution in [2.24, 2.45) is 14.1 Å². The molecule has 0 fully saturated rings. The topological polar surface area (TPSA) is 88.2 Å². The summed E-state index contributed by atoms with van der Waals surface area (Å²) in [6, 6.07) is 19.3. The molecule has 10 heteroatoms. The number of fused-ring (bicyclic) bond motifs is 2. The Kier molecular flexibility index (Phi) is 8.35. The van der Waals surface area contributed by atoms with Crippen LogP contribution in [-0.2, 0) is 28.4 Å². The number of aromatic nitrogens is 4. The van der Waals surface area contributed by atoms with E-state index >= 15 is 0 Å². The highest BCUT2D eigenvalue weighted by Crippen LogP contribution is 2.45. The largest absolute Gasteiger partial charge is 0.464 e. The lowest BCUT2D eigenvalue weighted by molar-refractivity contribution is -0.166. The average Bonchev–Trinajstić information content (AvgIpc) is 3.54. The molecule has 236 valence electrons. The minimum absolute atomic E-state index is 0.0375. The molecular formula is C36H35ClN4O4S. The van der Waals surface area contributed by atoms with Crippen LogP contribution in [0.15, 0.2) is 71.7 Å². The summed E-state index contributed by atoms with van der Waals surface area (Å²) in [5.41, 5.74) is 6.94. The lowest BCUT2D eigenvalue weighted by atomic mass is 9.91. The fourth-order valence-corrected chi connectivity index (χ4v) is 6.95. The summed E-state index contributed by atoms with van der Waals surface area (Å²) in [5.74, 6) is -0.438. The van der Waals surface area contributed by atoms with Crippen LogP contribution in [0.3, 0.4) is 0 Å². The molecule has 0 radical (unpaired) electrons. The second-order valence-corrected chi connectivity index (χ2v) is 13.7. The smallest absolute Gasteiger partial charge is 0.339 e. The molecule has 8 nitrogen and oxygen atoms in total. The molecule has 0 bridgehead atoms. The van der Waals surface area contributed by atoms with Gasteiger partial charge in [-0.25, -0.2) is 9.78 Å². The molecule has 0 N–H and O–H groups in total. The van der Waals surface area contributed by atoms with E-state index in [4.69, 9.17) is 26.1 Å². The Labute approximate surface area is 276 Å². The van der Waals surface area contributed by atoms with Crippen molar-refractivity contribution in [3.05, 3.63) is 93.4 Å². The van der Waals surface area contributed by atoms with Gasteiger partial charge in [-0.05, 0) is 88.2 Å². The number of nitrogens with zero attached hydrogens (tertiary/aromatic N) is 4. The second-order valence-electron chi connectivity index (χ2n) is 12.2. The predicted octanol–water partition coefficient (Wildman–Crippen LogP) is 8.26. The van der Waals surface area contributed by atoms with E-state index in [1.165, 1.54) is 0 Å². The Morgan fingerprint density at radius 2 is 1.70 bits per heavy atom. The molecule has 3 aromatic heterocycles. The monoisotopic (exact) mass is 654 g/mol. The molecule has 3 heterocycles. The number of rotatable bonds is 7. The zero-order valence-corrected chi connectivity index (χ0v) is 28.4. The summed E-state index contributed by atoms with van der Waals surface area (Å²) in [6.45, 7) is 9.79. The van der Waals surface area contributed by atoms with Crippen LogP contribution in [0.4, 0.5) is 0 Å². The standard InChI is InChI=1S/C36H35ClN4O4S/c1-8-44-35(43)31(45-36(3,4)5)29-20(2)17-27-32(30(29)21-9-12-24(37)13-10-21)46-33(39-27)23-15-16-38-26(18-23)22-11-14-25-28(19-22)40(6)41(7)34(25)42/h9-19,31H,8H2,1-7H3/t31-/m0/s1. The van der Waals surface area contributed by atoms with Crippen molar-refractivity contribution in [2.45, 2.75) is 46.3 Å². The highest BCUT2D eigenvalue weighted by Gasteiger charge is 2.33. The zero-order valence-electron chi connectivity index (χ0n) is 26.8. The van der Waals surface area contributed by atoms with Crippen molar-refractivity contribution in [3.8, 4) is 33.0 Å². The summed E-state index contributed by atoms with van der Waals surface area (Å²) in [6.07, 6.45) is 0.826. The molecule has 46 heavy (non-hydrogen) atoms. The number of aryl methyl sites for hydroxylation is 2. The third-order valence-electron chi connectivity index (χ3n) is 7.92. The number of halogens is 1. The summed E-state index contributed by atoms with van der Waals surface area (Å²) in [7, 11) is 3.62. The van der Waals surface area contributed by atoms with Crippen LogP contribution in [-0.4, -0.2) is 37.5 Å². The Morgan fingerprint density at radius 3 is 2.39 bits per heavy atom. The first-order valence-corrected chi connectivity index (χ1v) is 16.2. The maximum atomic E-state index is 13.5. The van der Waals surface area contributed by atoms with Gasteiger partial charge in [0.05, 0.1) is 39.0 Å². The van der Waals surface area contributed by atoms with E-state index in [1.807, 2.05) is 100 Å². The van der Waals surface area contributed by atoms with Gasteiger partial charge in [0, 0.05) is 47.6 Å². The second kappa shape index (κ2) is 12.1. The van der Waals surface area contributed by atoms with Crippen molar-refractivity contribution < 1.29 is 14.3 Å². The molecule has 0 spiro atoms. The molecule has 0 aliphatic rings. The fourth-order valence-electron chi connectivity index (χ4n) is 5.71. The quantitative estimate of drug-likeness (QED) is 0.161. The first-order chi connectivity index (χ1) is 21.9. The molecule has 1 atom stereocenters. The summed E-state index contributed by atoms with van der Waals surface area (Å²) in [4.78, 5) is 35.8. The molecule has 0 saturated heterocycles. The van der Waals surface area contributed by atoms with Gasteiger partial charge in [0.1, 0.15) is 5.01 Å². The van der Waals surface area contributed by atoms with Gasteiger partial charge in [-0.2, -0.15) is 0 Å². The van der Waals surface area contributed by atoms with Gasteiger partial charge in [-0.1, -0.05) is 29.8 Å². The van der Waals surface area contributed by atoms with Gasteiger partial charge in [-0.3, -0.25) is 19.1 Å². The first kappa shape index (κ1) is 31.7. The van der Waals surface area contributed by atoms with Gasteiger partial charge in [0.15, 0.2) is 6.10 Å². The molecular weight excluding hydrogens is 620 g/mol. The van der Waals surface area contributed by atoms with Crippen LogP contribution in [0.5, 0.6) is 0 Å². The lowest BCUT2D eigenvalue weighted by Crippen LogP contribution is -2.29. The van der Waals surface area contributed by atoms with E-state index in [1.54, 1.807) is 36.2 Å². The Hall–Kier alpha value is -4.31. The number of esters is 1. The summed E-state index contributed by atoms with van der Waals surface area (Å²) >= 11 is 7.84. The van der Waals surface area contributed by atoms with Crippen molar-refractivity contribution >= 4 is 50.0 Å². The van der Waals surface area contributed by atoms with E-state index < -0.39 is 17.7 Å². The maximum Gasteiger partial charge on any atom is 0.339 e. The van der Waals surface area contributed by atoms with Crippen molar-refractivity contribution in [1.82, 2.24) is 19.3 Å². The molecule has 0 unspecified atom stereocenters. The van der Waals surface area contributed by atoms with E-state index in [9.17, 15) is 9.59 Å². The average molecular weight is 655 g/mol. The zero-order chi connectivity index (χ0) is 32.9. The van der Waals surface area contributed by atoms with E-state index in [-0.39, 0.29) is 12.2 Å². The Bertz CT molecular complexity index is 2170. The molecule has 0 aliphatic carbocycles. The Balaban J connectivity index is 1.53. The van der Waals surface area contributed by atoms with Crippen LogP contribution in [0.1, 0.15) is 44.9 Å². The van der Waals surface area contributed by atoms with Crippen molar-refractivity contribution in [1.29, 1.82) is 0 Å². The van der Waals surface area contributed by atoms with Gasteiger partial charge < -0.3 is 9.47 Å². The third kappa shape index (κ3) is 5.86. The number of benzene rings is 3. The summed E-state index contributed by atoms with van der Waals surface area (Å²) in [5, 5.41) is 2.08. The number of carbonyl (C=O) groups excluding carboxylic acids is 1. The van der Waals surface area contributed by atoms with Crippen LogP contribution in [0, 0.1) is 6.92 Å². The number of hydrogen-bond acceptors (Lipinski definition) is 7. The minimum atomic E-state index is -0.947. The SMILES string of the molecule is CCOC(=O)[C@@H](OC(C)(C)C)c1c(C)cc2nc(-c3ccnc(-c4ccc5c(=O)n(C)n(C)c5c4)c3)sc2c1-c1ccc(Cl)cc1. The highest BCUT2D eigenvalue weighted by atomic mass is 35.5. The maximum absolute atomic E-state index is 13.5. The van der Waals surface area contributed by atoms with Crippen molar-refractivity contribution in [3.63, 3.8) is 0 Å². The van der Waals surface area contributed by atoms with Crippen LogP contribution < -0.4 is 5.56 Å².